The second kappa shape index (κ2) is 34.0. The van der Waals surface area contributed by atoms with E-state index < -0.39 is 20.0 Å². The Hall–Kier alpha value is -0.760. The summed E-state index contributed by atoms with van der Waals surface area (Å²) in [6.45, 7) is 4.70. The fourth-order valence-corrected chi connectivity index (χ4v) is 6.81. The van der Waals surface area contributed by atoms with Gasteiger partial charge in [0, 0.05) is 6.42 Å². The lowest BCUT2D eigenvalue weighted by molar-refractivity contribution is -0.870. The van der Waals surface area contributed by atoms with Crippen LogP contribution in [0.4, 0.5) is 0 Å². The monoisotopic (exact) mass is 731 g/mol. The Kier molecular flexibility index (Phi) is 33.5. The first-order valence-electron chi connectivity index (χ1n) is 21.0. The molecule has 0 heterocycles. The molecule has 3 atom stereocenters. The number of hydrogen-bond donors (Lipinski definition) is 2. The molecule has 0 rings (SSSR count). The summed E-state index contributed by atoms with van der Waals surface area (Å²) in [6, 6.07) is -0.797. The summed E-state index contributed by atoms with van der Waals surface area (Å²) in [7, 11) is 1.30. The van der Waals surface area contributed by atoms with Gasteiger partial charge in [0.05, 0.1) is 39.9 Å². The molecular formula is C41H83N2O6P. The van der Waals surface area contributed by atoms with E-state index in [4.69, 9.17) is 9.05 Å². The number of quaternary nitrogens is 1. The second-order valence-electron chi connectivity index (χ2n) is 15.7. The van der Waals surface area contributed by atoms with Crippen LogP contribution in [0.5, 0.6) is 0 Å². The quantitative estimate of drug-likeness (QED) is 0.0283. The highest BCUT2D eigenvalue weighted by Crippen LogP contribution is 2.38. The zero-order chi connectivity index (χ0) is 37.2. The minimum atomic E-state index is -4.56. The number of nitrogens with zero attached hydrogens (tertiary/aromatic N) is 1. The third-order valence-electron chi connectivity index (χ3n) is 9.50. The predicted molar refractivity (Wildman–Crippen MR) is 210 cm³/mol. The average molecular weight is 731 g/mol. The molecule has 0 aromatic heterocycles. The third kappa shape index (κ3) is 35.6. The Labute approximate surface area is 310 Å². The van der Waals surface area contributed by atoms with E-state index in [0.29, 0.717) is 23.9 Å². The topological polar surface area (TPSA) is 108 Å². The zero-order valence-corrected chi connectivity index (χ0v) is 34.5. The maximum atomic E-state index is 12.8. The number of amides is 1. The third-order valence-corrected chi connectivity index (χ3v) is 10.5. The van der Waals surface area contributed by atoms with Crippen molar-refractivity contribution in [2.45, 2.75) is 206 Å². The van der Waals surface area contributed by atoms with Crippen LogP contribution in [0.1, 0.15) is 194 Å². The number of aliphatic hydroxyl groups excluding tert-OH is 1. The summed E-state index contributed by atoms with van der Waals surface area (Å²) in [6.07, 6.45) is 36.3. The smallest absolute Gasteiger partial charge is 0.268 e. The van der Waals surface area contributed by atoms with Crippen LogP contribution in [0.15, 0.2) is 12.2 Å². The number of carbonyl (C=O) groups excluding carboxylic acids is 1. The first-order chi connectivity index (χ1) is 24.0. The van der Waals surface area contributed by atoms with Crippen molar-refractivity contribution in [3.05, 3.63) is 12.2 Å². The summed E-state index contributed by atoms with van der Waals surface area (Å²) in [5.74, 6) is -0.170. The van der Waals surface area contributed by atoms with Gasteiger partial charge in [0.15, 0.2) is 0 Å². The van der Waals surface area contributed by atoms with Crippen LogP contribution in [-0.2, 0) is 18.4 Å². The van der Waals surface area contributed by atoms with Crippen LogP contribution in [0.2, 0.25) is 0 Å². The molecule has 2 N–H and O–H groups in total. The van der Waals surface area contributed by atoms with Crippen molar-refractivity contribution in [2.75, 3.05) is 40.9 Å². The summed E-state index contributed by atoms with van der Waals surface area (Å²) >= 11 is 0. The van der Waals surface area contributed by atoms with Gasteiger partial charge in [0.1, 0.15) is 13.2 Å². The van der Waals surface area contributed by atoms with E-state index >= 15 is 0 Å². The number of aliphatic hydroxyl groups is 1. The summed E-state index contributed by atoms with van der Waals surface area (Å²) in [4.78, 5) is 25.2. The van der Waals surface area contributed by atoms with E-state index in [1.54, 1.807) is 0 Å². The van der Waals surface area contributed by atoms with E-state index in [9.17, 15) is 19.4 Å². The van der Waals surface area contributed by atoms with Gasteiger partial charge in [-0.3, -0.25) is 9.36 Å². The molecule has 0 radical (unpaired) electrons. The normalized spacial score (nSPS) is 14.6. The molecule has 0 aliphatic heterocycles. The van der Waals surface area contributed by atoms with E-state index in [2.05, 4.69) is 31.3 Å². The molecule has 0 bridgehead atoms. The number of likely N-dealkylation sites (N-methyl/N-ethyl adjacent to an activating group) is 1. The molecule has 1 unspecified atom stereocenters. The SMILES string of the molecule is CCCCCC/C=C\CCCCCCCCCC(=O)N[C@@H](COP(=O)([O-])OCC[N+](C)(C)C)[C@H](O)CCCCCCCCCCCCCCC. The van der Waals surface area contributed by atoms with Gasteiger partial charge in [0.25, 0.3) is 7.82 Å². The fraction of sp³-hybridized carbons (Fsp3) is 0.927. The Morgan fingerprint density at radius 1 is 0.680 bits per heavy atom. The van der Waals surface area contributed by atoms with Crippen molar-refractivity contribution < 1.29 is 32.9 Å². The number of nitrogens with one attached hydrogen (secondary N) is 1. The Morgan fingerprint density at radius 3 is 1.58 bits per heavy atom. The molecule has 0 saturated carbocycles. The van der Waals surface area contributed by atoms with Crippen molar-refractivity contribution >= 4 is 13.7 Å². The maximum Gasteiger partial charge on any atom is 0.268 e. The van der Waals surface area contributed by atoms with Crippen LogP contribution in [0, 0.1) is 0 Å². The number of allylic oxidation sites excluding steroid dienone is 2. The van der Waals surface area contributed by atoms with Crippen molar-refractivity contribution in [1.82, 2.24) is 5.32 Å². The highest BCUT2D eigenvalue weighted by atomic mass is 31.2. The van der Waals surface area contributed by atoms with E-state index in [1.807, 2.05) is 21.1 Å². The van der Waals surface area contributed by atoms with Gasteiger partial charge in [0.2, 0.25) is 5.91 Å². The van der Waals surface area contributed by atoms with Gasteiger partial charge in [-0.1, -0.05) is 161 Å². The van der Waals surface area contributed by atoms with Crippen molar-refractivity contribution in [3.8, 4) is 0 Å². The highest BCUT2D eigenvalue weighted by Gasteiger charge is 2.24. The summed E-state index contributed by atoms with van der Waals surface area (Å²) in [5, 5.41) is 13.9. The average Bonchev–Trinajstić information content (AvgIpc) is 3.06. The van der Waals surface area contributed by atoms with Gasteiger partial charge in [-0.25, -0.2) is 0 Å². The minimum absolute atomic E-state index is 0.0130. The standard InChI is InChI=1S/C41H83N2O6P/c1-6-8-10-12-14-16-18-20-21-23-25-27-29-31-33-35-41(45)42-39(38-49-50(46,47)48-37-36-43(3,4)5)40(44)34-32-30-28-26-24-22-19-17-15-13-11-9-7-2/h16,18,39-40,44H,6-15,17,19-38H2,1-5H3,(H-,42,45,46,47)/b18-16-/t39-,40+/m0/s1. The molecule has 0 spiro atoms. The lowest BCUT2D eigenvalue weighted by atomic mass is 10.0. The molecule has 0 aromatic carbocycles. The van der Waals surface area contributed by atoms with Gasteiger partial charge >= 0.3 is 0 Å². The second-order valence-corrected chi connectivity index (χ2v) is 17.1. The van der Waals surface area contributed by atoms with E-state index in [-0.39, 0.29) is 19.1 Å². The molecule has 9 heteroatoms. The molecule has 1 amide bonds. The molecular weight excluding hydrogens is 647 g/mol. The van der Waals surface area contributed by atoms with Gasteiger partial charge in [-0.05, 0) is 38.5 Å². The van der Waals surface area contributed by atoms with Crippen LogP contribution < -0.4 is 10.2 Å². The Bertz CT molecular complexity index is 834. The fourth-order valence-electron chi connectivity index (χ4n) is 6.09. The first kappa shape index (κ1) is 49.2. The van der Waals surface area contributed by atoms with Crippen molar-refractivity contribution in [2.24, 2.45) is 0 Å². The summed E-state index contributed by atoms with van der Waals surface area (Å²) < 4.78 is 23.2. The minimum Gasteiger partial charge on any atom is -0.756 e. The molecule has 0 aromatic rings. The van der Waals surface area contributed by atoms with E-state index in [0.717, 1.165) is 38.5 Å². The van der Waals surface area contributed by atoms with Crippen molar-refractivity contribution in [3.63, 3.8) is 0 Å². The Balaban J connectivity index is 4.40. The molecule has 298 valence electrons. The number of carbonyl (C=O) groups is 1. The van der Waals surface area contributed by atoms with Crippen molar-refractivity contribution in [1.29, 1.82) is 0 Å². The lowest BCUT2D eigenvalue weighted by Crippen LogP contribution is -2.46. The number of phosphoric acid groups is 1. The number of rotatable bonds is 38. The Morgan fingerprint density at radius 2 is 1.10 bits per heavy atom. The molecule has 8 nitrogen and oxygen atoms in total. The summed E-state index contributed by atoms with van der Waals surface area (Å²) in [5.41, 5.74) is 0. The molecule has 0 aliphatic rings. The van der Waals surface area contributed by atoms with Gasteiger partial charge < -0.3 is 28.8 Å². The zero-order valence-electron chi connectivity index (χ0n) is 33.6. The molecule has 50 heavy (non-hydrogen) atoms. The molecule has 0 fully saturated rings. The molecule has 0 aliphatic carbocycles. The van der Waals surface area contributed by atoms with E-state index in [1.165, 1.54) is 128 Å². The van der Waals surface area contributed by atoms with Crippen LogP contribution in [0.25, 0.3) is 0 Å². The predicted octanol–water partition coefficient (Wildman–Crippen LogP) is 10.6. The van der Waals surface area contributed by atoms with Gasteiger partial charge in [-0.15, -0.1) is 0 Å². The largest absolute Gasteiger partial charge is 0.756 e. The van der Waals surface area contributed by atoms with Crippen LogP contribution in [0.3, 0.4) is 0 Å². The maximum absolute atomic E-state index is 12.8. The molecule has 0 saturated heterocycles. The number of unbranched alkanes of at least 4 members (excludes halogenated alkanes) is 23. The lowest BCUT2D eigenvalue weighted by Gasteiger charge is -2.30. The number of hydrogen-bond acceptors (Lipinski definition) is 6. The van der Waals surface area contributed by atoms with Crippen LogP contribution in [-0.4, -0.2) is 68.5 Å². The first-order valence-corrected chi connectivity index (χ1v) is 22.5. The number of phosphoric ester groups is 1. The highest BCUT2D eigenvalue weighted by molar-refractivity contribution is 7.45. The van der Waals surface area contributed by atoms with Gasteiger partial charge in [-0.2, -0.15) is 0 Å². The van der Waals surface area contributed by atoms with Crippen LogP contribution >= 0.6 is 7.82 Å².